The van der Waals surface area contributed by atoms with Crippen LogP contribution < -0.4 is 0 Å². The van der Waals surface area contributed by atoms with E-state index < -0.39 is 0 Å². The number of pyridine rings is 1. The van der Waals surface area contributed by atoms with Gasteiger partial charge in [-0.3, -0.25) is 4.40 Å². The third-order valence-corrected chi connectivity index (χ3v) is 3.64. The fourth-order valence-electron chi connectivity index (χ4n) is 2.39. The number of hydrogen-bond donors (Lipinski definition) is 0. The second kappa shape index (κ2) is 4.71. The largest absolute Gasteiger partial charge is 0.299 e. The van der Waals surface area contributed by atoms with Crippen molar-refractivity contribution in [1.29, 1.82) is 0 Å². The summed E-state index contributed by atoms with van der Waals surface area (Å²) in [7, 11) is 0. The van der Waals surface area contributed by atoms with E-state index in [9.17, 15) is 0 Å². The summed E-state index contributed by atoms with van der Waals surface area (Å²) in [4.78, 5) is 4.72. The van der Waals surface area contributed by atoms with E-state index in [2.05, 4.69) is 48.6 Å². The van der Waals surface area contributed by atoms with E-state index in [0.717, 1.165) is 28.3 Å². The van der Waals surface area contributed by atoms with Gasteiger partial charge in [-0.15, -0.1) is 11.6 Å². The lowest BCUT2D eigenvalue weighted by atomic mass is 10.1. The number of imidazole rings is 1. The molecule has 1 aromatic carbocycles. The minimum absolute atomic E-state index is 0.454. The molecule has 0 fully saturated rings. The molecule has 0 aliphatic carbocycles. The first kappa shape index (κ1) is 12.2. The molecule has 0 aliphatic rings. The van der Waals surface area contributed by atoms with Gasteiger partial charge in [0.15, 0.2) is 0 Å². The summed E-state index contributed by atoms with van der Waals surface area (Å²) in [6, 6.07) is 14.5. The van der Waals surface area contributed by atoms with E-state index in [4.69, 9.17) is 16.6 Å². The van der Waals surface area contributed by atoms with Gasteiger partial charge in [-0.2, -0.15) is 0 Å². The average Bonchev–Trinajstić information content (AvgIpc) is 2.79. The maximum absolute atomic E-state index is 6.14. The van der Waals surface area contributed by atoms with E-state index >= 15 is 0 Å². The lowest BCUT2D eigenvalue weighted by molar-refractivity contribution is 1.03. The van der Waals surface area contributed by atoms with Crippen LogP contribution in [0.2, 0.25) is 0 Å². The number of halogens is 1. The van der Waals surface area contributed by atoms with Crippen molar-refractivity contribution in [2.75, 3.05) is 0 Å². The van der Waals surface area contributed by atoms with Crippen molar-refractivity contribution < 1.29 is 0 Å². The van der Waals surface area contributed by atoms with Crippen LogP contribution in [0.4, 0.5) is 0 Å². The van der Waals surface area contributed by atoms with E-state index in [0.29, 0.717) is 5.88 Å². The van der Waals surface area contributed by atoms with Crippen molar-refractivity contribution in [2.45, 2.75) is 19.7 Å². The number of hydrogen-bond acceptors (Lipinski definition) is 1. The van der Waals surface area contributed by atoms with Gasteiger partial charge >= 0.3 is 0 Å². The van der Waals surface area contributed by atoms with Gasteiger partial charge < -0.3 is 0 Å². The summed E-state index contributed by atoms with van der Waals surface area (Å²) < 4.78 is 2.13. The minimum atomic E-state index is 0.454. The molecular weight excluding hydrogens is 256 g/mol. The van der Waals surface area contributed by atoms with Crippen molar-refractivity contribution in [3.8, 4) is 11.3 Å². The van der Waals surface area contributed by atoms with Crippen molar-refractivity contribution in [2.24, 2.45) is 0 Å². The minimum Gasteiger partial charge on any atom is -0.299 e. The molecule has 2 aromatic heterocycles. The quantitative estimate of drug-likeness (QED) is 0.633. The third kappa shape index (κ3) is 2.02. The second-order valence-corrected chi connectivity index (χ2v) is 5.03. The van der Waals surface area contributed by atoms with Crippen LogP contribution in [0.15, 0.2) is 42.5 Å². The molecule has 0 radical (unpaired) electrons. The number of fused-ring (bicyclic) bond motifs is 1. The molecule has 96 valence electrons. The molecule has 0 atom stereocenters. The van der Waals surface area contributed by atoms with Gasteiger partial charge in [-0.1, -0.05) is 35.9 Å². The Bertz CT molecular complexity index is 726. The molecule has 0 amide bonds. The lowest BCUT2D eigenvalue weighted by Gasteiger charge is -2.04. The van der Waals surface area contributed by atoms with Crippen LogP contribution in [-0.2, 0) is 5.88 Å². The maximum atomic E-state index is 6.14. The van der Waals surface area contributed by atoms with Gasteiger partial charge in [0.05, 0.1) is 17.3 Å². The molecule has 2 nitrogen and oxygen atoms in total. The fourth-order valence-corrected chi connectivity index (χ4v) is 2.64. The fraction of sp³-hybridized carbons (Fsp3) is 0.188. The highest BCUT2D eigenvalue weighted by atomic mass is 35.5. The Labute approximate surface area is 117 Å². The Morgan fingerprint density at radius 2 is 1.79 bits per heavy atom. The predicted molar refractivity (Wildman–Crippen MR) is 79.7 cm³/mol. The highest BCUT2D eigenvalue weighted by Gasteiger charge is 2.13. The van der Waals surface area contributed by atoms with Crippen LogP contribution in [0.5, 0.6) is 0 Å². The molecule has 0 bridgehead atoms. The molecule has 0 aliphatic heterocycles. The number of benzene rings is 1. The zero-order valence-electron chi connectivity index (χ0n) is 11.0. The van der Waals surface area contributed by atoms with E-state index in [1.54, 1.807) is 0 Å². The SMILES string of the molecule is Cc1ccc(-c2nc3cccc(C)n3c2CCl)cc1. The molecule has 19 heavy (non-hydrogen) atoms. The molecule has 0 unspecified atom stereocenters. The molecule has 3 heteroatoms. The van der Waals surface area contributed by atoms with Gasteiger partial charge in [0.2, 0.25) is 0 Å². The van der Waals surface area contributed by atoms with Gasteiger partial charge in [0.25, 0.3) is 0 Å². The zero-order chi connectivity index (χ0) is 13.4. The molecule has 3 rings (SSSR count). The predicted octanol–water partition coefficient (Wildman–Crippen LogP) is 4.36. The molecular formula is C16H15ClN2. The van der Waals surface area contributed by atoms with Gasteiger partial charge in [-0.25, -0.2) is 4.98 Å². The van der Waals surface area contributed by atoms with Gasteiger partial charge in [0, 0.05) is 11.3 Å². The van der Waals surface area contributed by atoms with Crippen molar-refractivity contribution in [3.05, 3.63) is 59.4 Å². The van der Waals surface area contributed by atoms with Crippen molar-refractivity contribution in [1.82, 2.24) is 9.38 Å². The van der Waals surface area contributed by atoms with Gasteiger partial charge in [0.1, 0.15) is 5.65 Å². The average molecular weight is 271 g/mol. The Morgan fingerprint density at radius 3 is 2.47 bits per heavy atom. The standard InChI is InChI=1S/C16H15ClN2/c1-11-6-8-13(9-7-11)16-14(10-17)19-12(2)4-3-5-15(19)18-16/h3-9H,10H2,1-2H3. The van der Waals surface area contributed by atoms with Crippen LogP contribution >= 0.6 is 11.6 Å². The Balaban J connectivity index is 2.29. The number of aromatic nitrogens is 2. The van der Waals surface area contributed by atoms with Crippen LogP contribution in [0.3, 0.4) is 0 Å². The van der Waals surface area contributed by atoms with Crippen LogP contribution in [0, 0.1) is 13.8 Å². The Kier molecular flexibility index (Phi) is 3.03. The summed E-state index contributed by atoms with van der Waals surface area (Å²) >= 11 is 6.14. The summed E-state index contributed by atoms with van der Waals surface area (Å²) in [5.41, 5.74) is 6.49. The summed E-state index contributed by atoms with van der Waals surface area (Å²) in [6.07, 6.45) is 0. The van der Waals surface area contributed by atoms with E-state index in [1.165, 1.54) is 5.56 Å². The first-order chi connectivity index (χ1) is 9.20. The first-order valence-electron chi connectivity index (χ1n) is 6.30. The Hall–Kier alpha value is -1.80. The third-order valence-electron chi connectivity index (χ3n) is 3.39. The number of nitrogens with zero attached hydrogens (tertiary/aromatic N) is 2. The molecule has 0 saturated heterocycles. The van der Waals surface area contributed by atoms with Crippen LogP contribution in [-0.4, -0.2) is 9.38 Å². The number of alkyl halides is 1. The normalized spacial score (nSPS) is 11.1. The molecule has 0 saturated carbocycles. The molecule has 0 spiro atoms. The van der Waals surface area contributed by atoms with E-state index in [1.807, 2.05) is 12.1 Å². The van der Waals surface area contributed by atoms with Crippen LogP contribution in [0.1, 0.15) is 17.0 Å². The second-order valence-electron chi connectivity index (χ2n) is 4.77. The Morgan fingerprint density at radius 1 is 1.05 bits per heavy atom. The number of aryl methyl sites for hydroxylation is 2. The zero-order valence-corrected chi connectivity index (χ0v) is 11.8. The van der Waals surface area contributed by atoms with Crippen molar-refractivity contribution in [3.63, 3.8) is 0 Å². The summed E-state index contributed by atoms with van der Waals surface area (Å²) in [5, 5.41) is 0. The maximum Gasteiger partial charge on any atom is 0.137 e. The number of rotatable bonds is 2. The van der Waals surface area contributed by atoms with E-state index in [-0.39, 0.29) is 0 Å². The topological polar surface area (TPSA) is 17.3 Å². The summed E-state index contributed by atoms with van der Waals surface area (Å²) in [6.45, 7) is 4.16. The highest BCUT2D eigenvalue weighted by Crippen LogP contribution is 2.27. The lowest BCUT2D eigenvalue weighted by Crippen LogP contribution is -1.95. The highest BCUT2D eigenvalue weighted by molar-refractivity contribution is 6.17. The molecule has 2 heterocycles. The summed E-state index contributed by atoms with van der Waals surface area (Å²) in [5.74, 6) is 0.454. The van der Waals surface area contributed by atoms with Crippen molar-refractivity contribution >= 4 is 17.2 Å². The molecule has 0 N–H and O–H groups in total. The monoisotopic (exact) mass is 270 g/mol. The van der Waals surface area contributed by atoms with Crippen LogP contribution in [0.25, 0.3) is 16.9 Å². The molecule has 3 aromatic rings. The smallest absolute Gasteiger partial charge is 0.137 e. The first-order valence-corrected chi connectivity index (χ1v) is 6.84. The van der Waals surface area contributed by atoms with Gasteiger partial charge in [-0.05, 0) is 26.0 Å².